The van der Waals surface area contributed by atoms with Crippen LogP contribution in [0.4, 0.5) is 0 Å². The smallest absolute Gasteiger partial charge is 0.330 e. The van der Waals surface area contributed by atoms with E-state index < -0.39 is 8.32 Å². The molecule has 4 atom stereocenters. The fourth-order valence-corrected chi connectivity index (χ4v) is 5.92. The summed E-state index contributed by atoms with van der Waals surface area (Å²) in [5.41, 5.74) is 1.15. The predicted molar refractivity (Wildman–Crippen MR) is 162 cm³/mol. The fourth-order valence-electron chi connectivity index (χ4n) is 4.63. The van der Waals surface area contributed by atoms with Crippen molar-refractivity contribution in [3.8, 4) is 5.75 Å². The number of carbonyl (C=O) groups excluding carboxylic acids is 1. The van der Waals surface area contributed by atoms with Crippen LogP contribution in [0.25, 0.3) is 0 Å². The Bertz CT molecular complexity index is 920. The molecule has 0 N–H and O–H groups in total. The summed E-state index contributed by atoms with van der Waals surface area (Å²) in [6, 6.07) is 7.98. The summed E-state index contributed by atoms with van der Waals surface area (Å²) in [5, 5.41) is 0.0513. The molecule has 0 bridgehead atoms. The Balaban J connectivity index is 1.98. The maximum atomic E-state index is 12.0. The molecule has 1 aromatic rings. The predicted octanol–water partition coefficient (Wildman–Crippen LogP) is 7.07. The first-order valence-corrected chi connectivity index (χ1v) is 17.3. The largest absolute Gasteiger partial charge is 0.497 e. The van der Waals surface area contributed by atoms with Crippen molar-refractivity contribution < 1.29 is 32.9 Å². The molecule has 2 rings (SSSR count). The van der Waals surface area contributed by atoms with E-state index in [9.17, 15) is 4.79 Å². The highest BCUT2D eigenvalue weighted by atomic mass is 28.4. The van der Waals surface area contributed by atoms with Crippen LogP contribution in [0.2, 0.25) is 18.1 Å². The van der Waals surface area contributed by atoms with Crippen LogP contribution in [0.3, 0.4) is 0 Å². The second-order valence-corrected chi connectivity index (χ2v) is 16.8. The molecule has 1 fully saturated rings. The van der Waals surface area contributed by atoms with Gasteiger partial charge in [0.15, 0.2) is 8.32 Å². The minimum absolute atomic E-state index is 0.0513. The van der Waals surface area contributed by atoms with E-state index in [-0.39, 0.29) is 41.8 Å². The number of rotatable bonds is 17. The molecule has 7 nitrogen and oxygen atoms in total. The number of hydrogen-bond acceptors (Lipinski definition) is 7. The summed E-state index contributed by atoms with van der Waals surface area (Å²) in [6.45, 7) is 12.8. The molecule has 1 aliphatic rings. The Labute approximate surface area is 243 Å². The molecule has 40 heavy (non-hydrogen) atoms. The van der Waals surface area contributed by atoms with Gasteiger partial charge in [-0.1, -0.05) is 45.1 Å². The number of hydrogen-bond donors (Lipinski definition) is 0. The lowest BCUT2D eigenvalue weighted by Gasteiger charge is -2.41. The fraction of sp³-hybridized carbons (Fsp3) is 0.656. The molecule has 8 heteroatoms. The lowest BCUT2D eigenvalue weighted by Crippen LogP contribution is -2.45. The average molecular weight is 577 g/mol. The van der Waals surface area contributed by atoms with Gasteiger partial charge in [-0.15, -0.1) is 0 Å². The van der Waals surface area contributed by atoms with Crippen molar-refractivity contribution in [2.24, 2.45) is 11.8 Å². The first-order chi connectivity index (χ1) is 19.0. The van der Waals surface area contributed by atoms with E-state index >= 15 is 0 Å². The van der Waals surface area contributed by atoms with Crippen LogP contribution < -0.4 is 4.74 Å². The molecule has 1 aliphatic carbocycles. The summed E-state index contributed by atoms with van der Waals surface area (Å²) in [6.07, 6.45) is 12.7. The van der Waals surface area contributed by atoms with Crippen LogP contribution in [0.15, 0.2) is 48.6 Å². The van der Waals surface area contributed by atoms with Gasteiger partial charge in [-0.25, -0.2) is 4.79 Å². The van der Waals surface area contributed by atoms with Gasteiger partial charge in [0.25, 0.3) is 0 Å². The summed E-state index contributed by atoms with van der Waals surface area (Å²) < 4.78 is 34.0. The Morgan fingerprint density at radius 2 is 1.80 bits per heavy atom. The maximum Gasteiger partial charge on any atom is 0.330 e. The molecule has 0 aromatic heterocycles. The Kier molecular flexibility index (Phi) is 14.6. The highest BCUT2D eigenvalue weighted by Gasteiger charge is 2.44. The normalized spacial score (nSPS) is 20.9. The SMILES string of the molecule is COCO[C@@H]1C[C@@H]([C@@H](/C=C/C(=O)OC)O[Si](C)(C)C(C)(C)C)[C@H](/C=C/CCCCOCc2ccc(OC)cc2)C1. The van der Waals surface area contributed by atoms with Crippen LogP contribution in [0, 0.1) is 11.8 Å². The Hall–Kier alpha value is -1.97. The number of ether oxygens (including phenoxy) is 5. The molecule has 226 valence electrons. The van der Waals surface area contributed by atoms with E-state index in [0.717, 1.165) is 50.0 Å². The van der Waals surface area contributed by atoms with Crippen molar-refractivity contribution in [1.29, 1.82) is 0 Å². The first-order valence-electron chi connectivity index (χ1n) is 14.4. The lowest BCUT2D eigenvalue weighted by molar-refractivity contribution is -0.134. The summed E-state index contributed by atoms with van der Waals surface area (Å²) in [5.74, 6) is 0.968. The van der Waals surface area contributed by atoms with Gasteiger partial charge in [0.2, 0.25) is 0 Å². The van der Waals surface area contributed by atoms with E-state index in [2.05, 4.69) is 46.0 Å². The van der Waals surface area contributed by atoms with Crippen molar-refractivity contribution in [2.75, 3.05) is 34.7 Å². The molecule has 1 aromatic carbocycles. The first kappa shape index (κ1) is 34.2. The molecule has 0 saturated heterocycles. The van der Waals surface area contributed by atoms with Crippen molar-refractivity contribution in [3.63, 3.8) is 0 Å². The number of carbonyl (C=O) groups is 1. The monoisotopic (exact) mass is 576 g/mol. The molecule has 0 spiro atoms. The van der Waals surface area contributed by atoms with Gasteiger partial charge in [0, 0.05) is 19.8 Å². The van der Waals surface area contributed by atoms with Crippen molar-refractivity contribution in [2.45, 2.75) is 89.8 Å². The average Bonchev–Trinajstić information content (AvgIpc) is 3.33. The molecular formula is C32H52O7Si. The second kappa shape index (κ2) is 17.1. The van der Waals surface area contributed by atoms with E-state index in [1.165, 1.54) is 13.2 Å². The van der Waals surface area contributed by atoms with Crippen LogP contribution >= 0.6 is 0 Å². The van der Waals surface area contributed by atoms with E-state index in [4.69, 9.17) is 28.1 Å². The zero-order chi connectivity index (χ0) is 29.6. The molecule has 0 radical (unpaired) electrons. The topological polar surface area (TPSA) is 72.5 Å². The summed E-state index contributed by atoms with van der Waals surface area (Å²) in [7, 11) is 2.62. The number of benzene rings is 1. The van der Waals surface area contributed by atoms with Gasteiger partial charge in [0.05, 0.1) is 33.0 Å². The van der Waals surface area contributed by atoms with Crippen LogP contribution in [0.1, 0.15) is 58.4 Å². The number of unbranched alkanes of at least 4 members (excludes halogenated alkanes) is 2. The standard InChI is InChI=1S/C32H52O7Si/c1-32(2,3)40(7,8)39-30(18-19-31(33)36-6)29-22-28(38-24-34-4)21-26(29)13-11-9-10-12-20-37-23-25-14-16-27(35-5)17-15-25/h11,13-19,26,28-30H,9-10,12,20-24H2,1-8H3/b13-11+,19-18+/t26-,28+,29-,30-/m1/s1. The zero-order valence-electron chi connectivity index (χ0n) is 25.9. The lowest BCUT2D eigenvalue weighted by atomic mass is 9.90. The van der Waals surface area contributed by atoms with Crippen molar-refractivity contribution >= 4 is 14.3 Å². The minimum Gasteiger partial charge on any atom is -0.497 e. The minimum atomic E-state index is -2.09. The summed E-state index contributed by atoms with van der Waals surface area (Å²) >= 11 is 0. The molecule has 0 heterocycles. The van der Waals surface area contributed by atoms with Crippen LogP contribution in [-0.2, 0) is 34.8 Å². The van der Waals surface area contributed by atoms with Crippen molar-refractivity contribution in [1.82, 2.24) is 0 Å². The number of methoxy groups -OCH3 is 3. The Morgan fingerprint density at radius 1 is 1.07 bits per heavy atom. The second-order valence-electron chi connectivity index (χ2n) is 12.0. The third-order valence-corrected chi connectivity index (χ3v) is 12.5. The van der Waals surface area contributed by atoms with Crippen LogP contribution in [0.5, 0.6) is 5.75 Å². The number of allylic oxidation sites excluding steroid dienone is 2. The van der Waals surface area contributed by atoms with E-state index in [1.54, 1.807) is 14.2 Å². The van der Waals surface area contributed by atoms with E-state index in [1.807, 2.05) is 30.3 Å². The van der Waals surface area contributed by atoms with Gasteiger partial charge < -0.3 is 28.1 Å². The van der Waals surface area contributed by atoms with Gasteiger partial charge >= 0.3 is 5.97 Å². The third-order valence-electron chi connectivity index (χ3n) is 8.04. The number of esters is 1. The zero-order valence-corrected chi connectivity index (χ0v) is 26.9. The third kappa shape index (κ3) is 11.5. The molecular weight excluding hydrogens is 524 g/mol. The molecule has 0 amide bonds. The molecule has 0 unspecified atom stereocenters. The molecule has 0 aliphatic heterocycles. The van der Waals surface area contributed by atoms with Gasteiger partial charge in [-0.05, 0) is 85.8 Å². The highest BCUT2D eigenvalue weighted by Crippen LogP contribution is 2.43. The van der Waals surface area contributed by atoms with Crippen LogP contribution in [-0.4, -0.2) is 61.2 Å². The quantitative estimate of drug-likeness (QED) is 0.0490. The maximum absolute atomic E-state index is 12.0. The van der Waals surface area contributed by atoms with Crippen molar-refractivity contribution in [3.05, 3.63) is 54.1 Å². The van der Waals surface area contributed by atoms with Gasteiger partial charge in [-0.2, -0.15) is 0 Å². The van der Waals surface area contributed by atoms with Gasteiger partial charge in [-0.3, -0.25) is 0 Å². The molecule has 1 saturated carbocycles. The highest BCUT2D eigenvalue weighted by molar-refractivity contribution is 6.74. The van der Waals surface area contributed by atoms with Gasteiger partial charge in [0.1, 0.15) is 12.5 Å². The van der Waals surface area contributed by atoms with E-state index in [0.29, 0.717) is 6.61 Å². The summed E-state index contributed by atoms with van der Waals surface area (Å²) in [4.78, 5) is 12.0. The Morgan fingerprint density at radius 3 is 2.42 bits per heavy atom.